The third kappa shape index (κ3) is 2.31. The molecular weight excluding hydrogens is 162 g/mol. The monoisotopic (exact) mass is 183 g/mol. The van der Waals surface area contributed by atoms with Crippen LogP contribution in [0.25, 0.3) is 0 Å². The van der Waals surface area contributed by atoms with Crippen LogP contribution in [0.15, 0.2) is 0 Å². The molecule has 1 aliphatic heterocycles. The molecule has 1 saturated heterocycles. The fraction of sp³-hybridized carbons (Fsp3) is 0.909. The van der Waals surface area contributed by atoms with E-state index in [9.17, 15) is 4.79 Å². The summed E-state index contributed by atoms with van der Waals surface area (Å²) >= 11 is 0. The third-order valence-corrected chi connectivity index (χ3v) is 3.31. The second kappa shape index (κ2) is 4.75. The van der Waals surface area contributed by atoms with Gasteiger partial charge in [-0.15, -0.1) is 0 Å². The van der Waals surface area contributed by atoms with Crippen LogP contribution in [-0.4, -0.2) is 18.9 Å². The van der Waals surface area contributed by atoms with Crippen LogP contribution in [0.2, 0.25) is 0 Å². The molecule has 0 unspecified atom stereocenters. The summed E-state index contributed by atoms with van der Waals surface area (Å²) in [5.41, 5.74) is 0.0290. The van der Waals surface area contributed by atoms with Crippen LogP contribution in [0, 0.1) is 5.41 Å². The molecule has 0 atom stereocenters. The summed E-state index contributed by atoms with van der Waals surface area (Å²) < 4.78 is 0. The zero-order valence-electron chi connectivity index (χ0n) is 8.86. The van der Waals surface area contributed by atoms with Crippen molar-refractivity contribution in [1.82, 2.24) is 5.32 Å². The van der Waals surface area contributed by atoms with Gasteiger partial charge in [-0.25, -0.2) is 0 Å². The van der Waals surface area contributed by atoms with Gasteiger partial charge in [0, 0.05) is 11.8 Å². The average Bonchev–Trinajstić information content (AvgIpc) is 2.19. The molecule has 76 valence electrons. The molecule has 13 heavy (non-hydrogen) atoms. The van der Waals surface area contributed by atoms with Gasteiger partial charge in [0.05, 0.1) is 0 Å². The fourth-order valence-corrected chi connectivity index (χ4v) is 2.23. The highest BCUT2D eigenvalue weighted by molar-refractivity contribution is 5.84. The van der Waals surface area contributed by atoms with Gasteiger partial charge in [0.25, 0.3) is 0 Å². The van der Waals surface area contributed by atoms with E-state index in [2.05, 4.69) is 19.2 Å². The molecule has 2 heteroatoms. The van der Waals surface area contributed by atoms with E-state index >= 15 is 0 Å². The lowest BCUT2D eigenvalue weighted by atomic mass is 9.72. The van der Waals surface area contributed by atoms with Gasteiger partial charge in [-0.2, -0.15) is 0 Å². The molecule has 0 aliphatic carbocycles. The van der Waals surface area contributed by atoms with Crippen molar-refractivity contribution in [3.8, 4) is 0 Å². The van der Waals surface area contributed by atoms with Crippen molar-refractivity contribution in [3.05, 3.63) is 0 Å². The van der Waals surface area contributed by atoms with Crippen LogP contribution in [0.4, 0.5) is 0 Å². The highest BCUT2D eigenvalue weighted by Gasteiger charge is 2.36. The average molecular weight is 183 g/mol. The first-order chi connectivity index (χ1) is 6.25. The largest absolute Gasteiger partial charge is 0.317 e. The normalized spacial score (nSPS) is 21.4. The van der Waals surface area contributed by atoms with E-state index in [1.54, 1.807) is 0 Å². The van der Waals surface area contributed by atoms with Crippen LogP contribution in [0.1, 0.15) is 46.0 Å². The van der Waals surface area contributed by atoms with Gasteiger partial charge in [0.15, 0.2) is 0 Å². The Balaban J connectivity index is 2.61. The van der Waals surface area contributed by atoms with Crippen LogP contribution >= 0.6 is 0 Å². The van der Waals surface area contributed by atoms with Crippen molar-refractivity contribution < 1.29 is 4.79 Å². The second-order valence-electron chi connectivity index (χ2n) is 4.06. The van der Waals surface area contributed by atoms with Gasteiger partial charge in [-0.1, -0.05) is 13.8 Å². The van der Waals surface area contributed by atoms with Gasteiger partial charge in [-0.05, 0) is 38.8 Å². The Morgan fingerprint density at radius 2 is 1.92 bits per heavy atom. The predicted octanol–water partition coefficient (Wildman–Crippen LogP) is 2.14. The fourth-order valence-electron chi connectivity index (χ4n) is 2.23. The molecule has 0 aromatic heterocycles. The zero-order valence-corrected chi connectivity index (χ0v) is 8.86. The lowest BCUT2D eigenvalue weighted by Gasteiger charge is -2.35. The number of carbonyl (C=O) groups excluding carboxylic acids is 1. The van der Waals surface area contributed by atoms with Gasteiger partial charge < -0.3 is 5.32 Å². The van der Waals surface area contributed by atoms with Gasteiger partial charge >= 0.3 is 0 Å². The molecule has 0 bridgehead atoms. The number of piperidine rings is 1. The summed E-state index contributed by atoms with van der Waals surface area (Å²) in [5.74, 6) is 0.499. The second-order valence-corrected chi connectivity index (χ2v) is 4.06. The topological polar surface area (TPSA) is 29.1 Å². The molecule has 1 aliphatic rings. The third-order valence-electron chi connectivity index (χ3n) is 3.31. The maximum atomic E-state index is 11.9. The minimum atomic E-state index is 0.0290. The van der Waals surface area contributed by atoms with Crippen molar-refractivity contribution in [2.45, 2.75) is 46.0 Å². The molecule has 1 fully saturated rings. The van der Waals surface area contributed by atoms with Crippen molar-refractivity contribution in [2.24, 2.45) is 5.41 Å². The Bertz CT molecular complexity index is 171. The molecular formula is C11H21NO. The van der Waals surface area contributed by atoms with E-state index in [1.807, 2.05) is 0 Å². The van der Waals surface area contributed by atoms with Crippen molar-refractivity contribution in [1.29, 1.82) is 0 Å². The summed E-state index contributed by atoms with van der Waals surface area (Å²) in [6, 6.07) is 0. The molecule has 0 radical (unpaired) electrons. The minimum absolute atomic E-state index is 0.0290. The van der Waals surface area contributed by atoms with Gasteiger partial charge in [0.1, 0.15) is 5.78 Å². The van der Waals surface area contributed by atoms with Gasteiger partial charge in [-0.3, -0.25) is 4.79 Å². The Kier molecular flexibility index (Phi) is 3.91. The minimum Gasteiger partial charge on any atom is -0.317 e. The number of ketones is 1. The number of rotatable bonds is 4. The van der Waals surface area contributed by atoms with Gasteiger partial charge in [0.2, 0.25) is 0 Å². The number of Topliss-reactive ketones (excluding diaryl/α,β-unsaturated/α-hetero) is 1. The molecule has 0 aromatic carbocycles. The zero-order chi connectivity index (χ0) is 9.73. The number of hydrogen-bond acceptors (Lipinski definition) is 2. The van der Waals surface area contributed by atoms with E-state index in [1.165, 1.54) is 0 Å². The molecule has 1 heterocycles. The molecule has 1 N–H and O–H groups in total. The van der Waals surface area contributed by atoms with E-state index in [-0.39, 0.29) is 5.41 Å². The highest BCUT2D eigenvalue weighted by atomic mass is 16.1. The first-order valence-corrected chi connectivity index (χ1v) is 5.49. The van der Waals surface area contributed by atoms with E-state index < -0.39 is 0 Å². The first-order valence-electron chi connectivity index (χ1n) is 5.49. The summed E-state index contributed by atoms with van der Waals surface area (Å²) in [7, 11) is 0. The number of hydrogen-bond donors (Lipinski definition) is 1. The van der Waals surface area contributed by atoms with Crippen molar-refractivity contribution in [3.63, 3.8) is 0 Å². The molecule has 2 nitrogen and oxygen atoms in total. The molecule has 0 aromatic rings. The Labute approximate surface area is 81.1 Å². The molecule has 0 spiro atoms. The van der Waals surface area contributed by atoms with Crippen LogP contribution in [0.5, 0.6) is 0 Å². The standard InChI is InChI=1S/C11H21NO/c1-3-5-10(13)11(4-2)6-8-12-9-7-11/h12H,3-9H2,1-2H3. The van der Waals surface area contributed by atoms with Crippen LogP contribution < -0.4 is 5.32 Å². The Morgan fingerprint density at radius 1 is 1.31 bits per heavy atom. The van der Waals surface area contributed by atoms with Crippen LogP contribution in [-0.2, 0) is 4.79 Å². The smallest absolute Gasteiger partial charge is 0.139 e. The molecule has 0 saturated carbocycles. The lowest BCUT2D eigenvalue weighted by Crippen LogP contribution is -2.41. The SMILES string of the molecule is CCCC(=O)C1(CC)CCNCC1. The van der Waals surface area contributed by atoms with E-state index in [0.29, 0.717) is 5.78 Å². The predicted molar refractivity (Wildman–Crippen MR) is 54.7 cm³/mol. The Morgan fingerprint density at radius 3 is 2.38 bits per heavy atom. The molecule has 0 amide bonds. The van der Waals surface area contributed by atoms with E-state index in [4.69, 9.17) is 0 Å². The van der Waals surface area contributed by atoms with Crippen LogP contribution in [0.3, 0.4) is 0 Å². The Hall–Kier alpha value is -0.370. The van der Waals surface area contributed by atoms with Crippen molar-refractivity contribution >= 4 is 5.78 Å². The number of carbonyl (C=O) groups is 1. The van der Waals surface area contributed by atoms with Crippen molar-refractivity contribution in [2.75, 3.05) is 13.1 Å². The maximum absolute atomic E-state index is 11.9. The highest BCUT2D eigenvalue weighted by Crippen LogP contribution is 2.34. The summed E-state index contributed by atoms with van der Waals surface area (Å²) in [6.45, 7) is 6.27. The maximum Gasteiger partial charge on any atom is 0.139 e. The molecule has 1 rings (SSSR count). The lowest BCUT2D eigenvalue weighted by molar-refractivity contribution is -0.130. The summed E-state index contributed by atoms with van der Waals surface area (Å²) in [6.07, 6.45) is 4.88. The summed E-state index contributed by atoms with van der Waals surface area (Å²) in [4.78, 5) is 11.9. The summed E-state index contributed by atoms with van der Waals surface area (Å²) in [5, 5.41) is 3.32. The first kappa shape index (κ1) is 10.7. The quantitative estimate of drug-likeness (QED) is 0.723. The van der Waals surface area contributed by atoms with E-state index in [0.717, 1.165) is 45.2 Å². The number of nitrogens with one attached hydrogen (secondary N) is 1.